The molecule has 2 nitrogen and oxygen atoms in total. The molecule has 0 saturated carbocycles. The van der Waals surface area contributed by atoms with Gasteiger partial charge in [0.05, 0.1) is 0 Å². The van der Waals surface area contributed by atoms with Crippen LogP contribution in [0.15, 0.2) is 22.7 Å². The average Bonchev–Trinajstić information content (AvgIpc) is 2.01. The predicted octanol–water partition coefficient (Wildman–Crippen LogP) is 2.72. The highest BCUT2D eigenvalue weighted by atomic mass is 79.9. The third kappa shape index (κ3) is 2.19. The van der Waals surface area contributed by atoms with Crippen LogP contribution in [0.4, 0.5) is 13.2 Å². The SMILES string of the molecule is N[C@@H](c1c(O)cccc1Br)C(F)(F)F. The fourth-order valence-corrected chi connectivity index (χ4v) is 1.60. The highest BCUT2D eigenvalue weighted by Crippen LogP contribution is 2.38. The van der Waals surface area contributed by atoms with Gasteiger partial charge in [-0.2, -0.15) is 13.2 Å². The first-order chi connectivity index (χ1) is 6.34. The lowest BCUT2D eigenvalue weighted by Crippen LogP contribution is -2.28. The number of aromatic hydroxyl groups is 1. The summed E-state index contributed by atoms with van der Waals surface area (Å²) >= 11 is 2.90. The average molecular weight is 270 g/mol. The first-order valence-corrected chi connectivity index (χ1v) is 4.43. The highest BCUT2D eigenvalue weighted by molar-refractivity contribution is 9.10. The van der Waals surface area contributed by atoms with Crippen LogP contribution in [-0.2, 0) is 0 Å². The lowest BCUT2D eigenvalue weighted by atomic mass is 10.1. The van der Waals surface area contributed by atoms with Gasteiger partial charge in [-0.15, -0.1) is 0 Å². The molecule has 0 amide bonds. The van der Waals surface area contributed by atoms with Crippen LogP contribution in [0.5, 0.6) is 5.75 Å². The van der Waals surface area contributed by atoms with E-state index in [1.54, 1.807) is 0 Å². The molecule has 0 bridgehead atoms. The minimum Gasteiger partial charge on any atom is -0.508 e. The Morgan fingerprint density at radius 3 is 2.36 bits per heavy atom. The minimum absolute atomic E-state index is 0.141. The summed E-state index contributed by atoms with van der Waals surface area (Å²) in [5.74, 6) is -0.468. The number of benzene rings is 1. The molecule has 0 saturated heterocycles. The molecular weight excluding hydrogens is 263 g/mol. The number of rotatable bonds is 1. The minimum atomic E-state index is -4.57. The summed E-state index contributed by atoms with van der Waals surface area (Å²) in [6.07, 6.45) is -4.57. The van der Waals surface area contributed by atoms with Crippen LogP contribution in [0.2, 0.25) is 0 Å². The van der Waals surface area contributed by atoms with Gasteiger partial charge in [0.25, 0.3) is 0 Å². The molecule has 6 heteroatoms. The Morgan fingerprint density at radius 1 is 1.36 bits per heavy atom. The van der Waals surface area contributed by atoms with Crippen LogP contribution in [0, 0.1) is 0 Å². The van der Waals surface area contributed by atoms with Gasteiger partial charge in [0.1, 0.15) is 11.8 Å². The molecule has 0 fully saturated rings. The van der Waals surface area contributed by atoms with Crippen molar-refractivity contribution < 1.29 is 18.3 Å². The van der Waals surface area contributed by atoms with E-state index in [1.165, 1.54) is 12.1 Å². The van der Waals surface area contributed by atoms with E-state index in [0.29, 0.717) is 0 Å². The van der Waals surface area contributed by atoms with Crippen molar-refractivity contribution in [1.29, 1.82) is 0 Å². The summed E-state index contributed by atoms with van der Waals surface area (Å²) < 4.78 is 36.9. The fourth-order valence-electron chi connectivity index (χ4n) is 0.997. The van der Waals surface area contributed by atoms with Crippen molar-refractivity contribution in [3.8, 4) is 5.75 Å². The number of alkyl halides is 3. The monoisotopic (exact) mass is 269 g/mol. The van der Waals surface area contributed by atoms with Crippen molar-refractivity contribution in [3.05, 3.63) is 28.2 Å². The van der Waals surface area contributed by atoms with E-state index < -0.39 is 18.0 Å². The van der Waals surface area contributed by atoms with E-state index in [4.69, 9.17) is 5.73 Å². The molecule has 0 aliphatic carbocycles. The summed E-state index contributed by atoms with van der Waals surface area (Å²) in [6.45, 7) is 0. The second-order valence-electron chi connectivity index (χ2n) is 2.69. The summed E-state index contributed by atoms with van der Waals surface area (Å²) in [4.78, 5) is 0. The number of phenolic OH excluding ortho intramolecular Hbond substituents is 1. The van der Waals surface area contributed by atoms with Crippen molar-refractivity contribution in [2.45, 2.75) is 12.2 Å². The molecule has 0 spiro atoms. The summed E-state index contributed by atoms with van der Waals surface area (Å²) in [5.41, 5.74) is 4.61. The predicted molar refractivity (Wildman–Crippen MR) is 48.8 cm³/mol. The van der Waals surface area contributed by atoms with Crippen LogP contribution in [0.3, 0.4) is 0 Å². The molecule has 0 aromatic heterocycles. The largest absolute Gasteiger partial charge is 0.508 e. The molecule has 0 aliphatic rings. The topological polar surface area (TPSA) is 46.2 Å². The van der Waals surface area contributed by atoms with Crippen molar-refractivity contribution in [1.82, 2.24) is 0 Å². The Morgan fingerprint density at radius 2 is 1.93 bits per heavy atom. The zero-order chi connectivity index (χ0) is 10.9. The van der Waals surface area contributed by atoms with Crippen LogP contribution in [0.1, 0.15) is 11.6 Å². The van der Waals surface area contributed by atoms with Gasteiger partial charge >= 0.3 is 6.18 Å². The number of phenols is 1. The Kier molecular flexibility index (Phi) is 3.06. The number of nitrogens with two attached hydrogens (primary N) is 1. The Labute approximate surface area is 86.7 Å². The molecule has 14 heavy (non-hydrogen) atoms. The van der Waals surface area contributed by atoms with Crippen LogP contribution in [-0.4, -0.2) is 11.3 Å². The van der Waals surface area contributed by atoms with Gasteiger partial charge in [0.15, 0.2) is 0 Å². The van der Waals surface area contributed by atoms with Crippen LogP contribution in [0.25, 0.3) is 0 Å². The molecule has 0 aliphatic heterocycles. The third-order valence-electron chi connectivity index (χ3n) is 1.69. The molecule has 78 valence electrons. The zero-order valence-electron chi connectivity index (χ0n) is 6.85. The molecule has 1 aromatic rings. The highest BCUT2D eigenvalue weighted by Gasteiger charge is 2.40. The third-order valence-corrected chi connectivity index (χ3v) is 2.39. The van der Waals surface area contributed by atoms with Crippen molar-refractivity contribution >= 4 is 15.9 Å². The second kappa shape index (κ2) is 3.78. The first-order valence-electron chi connectivity index (χ1n) is 3.63. The summed E-state index contributed by atoms with van der Waals surface area (Å²) in [5, 5.41) is 9.22. The Hall–Kier alpha value is -0.750. The maximum atomic E-state index is 12.2. The van der Waals surface area contributed by atoms with Crippen molar-refractivity contribution in [3.63, 3.8) is 0 Å². The quantitative estimate of drug-likeness (QED) is 0.824. The Balaban J connectivity index is 3.19. The molecule has 0 radical (unpaired) electrons. The van der Waals surface area contributed by atoms with Gasteiger partial charge in [0.2, 0.25) is 0 Å². The van der Waals surface area contributed by atoms with Gasteiger partial charge < -0.3 is 10.8 Å². The Bertz CT molecular complexity index is 320. The molecule has 1 atom stereocenters. The van der Waals surface area contributed by atoms with Gasteiger partial charge in [-0.25, -0.2) is 0 Å². The van der Waals surface area contributed by atoms with E-state index in [2.05, 4.69) is 15.9 Å². The number of hydrogen-bond acceptors (Lipinski definition) is 2. The van der Waals surface area contributed by atoms with Crippen LogP contribution >= 0.6 is 15.9 Å². The first kappa shape index (κ1) is 11.3. The molecular formula is C8H7BrF3NO. The van der Waals surface area contributed by atoms with Crippen LogP contribution < -0.4 is 5.73 Å². The molecule has 1 rings (SSSR count). The summed E-state index contributed by atoms with van der Waals surface area (Å²) in [7, 11) is 0. The van der Waals surface area contributed by atoms with E-state index in [1.807, 2.05) is 0 Å². The summed E-state index contributed by atoms with van der Waals surface area (Å²) in [6, 6.07) is 1.79. The molecule has 0 heterocycles. The van der Waals surface area contributed by atoms with Gasteiger partial charge in [-0.05, 0) is 12.1 Å². The second-order valence-corrected chi connectivity index (χ2v) is 3.55. The maximum absolute atomic E-state index is 12.2. The normalized spacial score (nSPS) is 14.1. The fraction of sp³-hybridized carbons (Fsp3) is 0.250. The smallest absolute Gasteiger partial charge is 0.407 e. The zero-order valence-corrected chi connectivity index (χ0v) is 8.43. The molecule has 0 unspecified atom stereocenters. The van der Waals surface area contributed by atoms with E-state index in [-0.39, 0.29) is 10.0 Å². The van der Waals surface area contributed by atoms with Crippen molar-refractivity contribution in [2.75, 3.05) is 0 Å². The van der Waals surface area contributed by atoms with E-state index >= 15 is 0 Å². The molecule has 1 aromatic carbocycles. The lowest BCUT2D eigenvalue weighted by molar-refractivity contribution is -0.149. The molecule has 3 N–H and O–H groups in total. The van der Waals surface area contributed by atoms with E-state index in [9.17, 15) is 18.3 Å². The number of hydrogen-bond donors (Lipinski definition) is 2. The van der Waals surface area contributed by atoms with Crippen molar-refractivity contribution in [2.24, 2.45) is 5.73 Å². The lowest BCUT2D eigenvalue weighted by Gasteiger charge is -2.18. The van der Waals surface area contributed by atoms with Gasteiger partial charge in [-0.3, -0.25) is 0 Å². The standard InChI is InChI=1S/C8H7BrF3NO/c9-4-2-1-3-5(14)6(4)7(13)8(10,11)12/h1-3,7,14H,13H2/t7-/m0/s1. The van der Waals surface area contributed by atoms with Gasteiger partial charge in [-0.1, -0.05) is 22.0 Å². The number of halogens is 4. The van der Waals surface area contributed by atoms with Gasteiger partial charge in [0, 0.05) is 10.0 Å². The maximum Gasteiger partial charge on any atom is 0.407 e. The van der Waals surface area contributed by atoms with E-state index in [0.717, 1.165) is 6.07 Å².